The van der Waals surface area contributed by atoms with Crippen molar-refractivity contribution in [2.45, 2.75) is 32.0 Å². The first-order valence-corrected chi connectivity index (χ1v) is 6.42. The fourth-order valence-corrected chi connectivity index (χ4v) is 2.32. The molecule has 2 rings (SSSR count). The van der Waals surface area contributed by atoms with Crippen LogP contribution in [0.1, 0.15) is 18.9 Å². The minimum absolute atomic E-state index is 0.252. The summed E-state index contributed by atoms with van der Waals surface area (Å²) in [7, 11) is 0. The Kier molecular flexibility index (Phi) is 4.54. The van der Waals surface area contributed by atoms with Gasteiger partial charge in [0.1, 0.15) is 0 Å². The molecular weight excluding hydrogens is 212 g/mol. The lowest BCUT2D eigenvalue weighted by atomic mass is 10.2. The van der Waals surface area contributed by atoms with Crippen LogP contribution in [0.3, 0.4) is 0 Å². The van der Waals surface area contributed by atoms with E-state index in [1.54, 1.807) is 0 Å². The Bertz CT molecular complexity index is 326. The van der Waals surface area contributed by atoms with Gasteiger partial charge in [-0.25, -0.2) is 0 Å². The summed E-state index contributed by atoms with van der Waals surface area (Å²) >= 11 is 0. The number of likely N-dealkylation sites (tertiary alicyclic amines) is 1. The second-order valence-electron chi connectivity index (χ2n) is 4.96. The Balaban J connectivity index is 1.74. The van der Waals surface area contributed by atoms with Crippen molar-refractivity contribution in [3.05, 3.63) is 35.9 Å². The van der Waals surface area contributed by atoms with Crippen LogP contribution in [0.4, 0.5) is 0 Å². The monoisotopic (exact) mass is 234 g/mol. The predicted octanol–water partition coefficient (Wildman–Crippen LogP) is 1.23. The fourth-order valence-electron chi connectivity index (χ4n) is 2.32. The molecule has 1 aliphatic rings. The number of hydrogen-bond donors (Lipinski definition) is 2. The molecule has 0 bridgehead atoms. The molecule has 0 radical (unpaired) electrons. The van der Waals surface area contributed by atoms with Gasteiger partial charge in [0.25, 0.3) is 0 Å². The molecule has 2 N–H and O–H groups in total. The first-order valence-electron chi connectivity index (χ1n) is 6.42. The smallest absolute Gasteiger partial charge is 0.0636 e. The van der Waals surface area contributed by atoms with E-state index in [0.29, 0.717) is 12.6 Å². The van der Waals surface area contributed by atoms with Crippen LogP contribution in [-0.4, -0.2) is 41.8 Å². The third-order valence-corrected chi connectivity index (χ3v) is 3.22. The summed E-state index contributed by atoms with van der Waals surface area (Å²) in [6.07, 6.45) is 0.928. The van der Waals surface area contributed by atoms with Crippen LogP contribution in [0, 0.1) is 0 Å². The van der Waals surface area contributed by atoms with Gasteiger partial charge in [-0.1, -0.05) is 30.3 Å². The van der Waals surface area contributed by atoms with E-state index in [1.165, 1.54) is 12.0 Å². The normalized spacial score (nSPS) is 22.8. The number of aliphatic hydroxyl groups is 1. The maximum atomic E-state index is 9.24. The first kappa shape index (κ1) is 12.6. The van der Waals surface area contributed by atoms with Gasteiger partial charge in [0, 0.05) is 32.2 Å². The van der Waals surface area contributed by atoms with Crippen LogP contribution in [0.2, 0.25) is 0 Å². The highest BCUT2D eigenvalue weighted by Crippen LogP contribution is 2.13. The van der Waals surface area contributed by atoms with Crippen molar-refractivity contribution in [2.24, 2.45) is 0 Å². The summed E-state index contributed by atoms with van der Waals surface area (Å²) in [6.45, 7) is 5.79. The first-order chi connectivity index (χ1) is 8.24. The molecule has 0 amide bonds. The third kappa shape index (κ3) is 4.11. The highest BCUT2D eigenvalue weighted by atomic mass is 16.3. The van der Waals surface area contributed by atoms with Crippen molar-refractivity contribution in [3.8, 4) is 0 Å². The molecule has 1 aliphatic heterocycles. The SMILES string of the molecule is C[C@@H](O)CN[C@@H]1CCN(Cc2ccccc2)C1. The van der Waals surface area contributed by atoms with E-state index in [2.05, 4.69) is 40.5 Å². The summed E-state index contributed by atoms with van der Waals surface area (Å²) < 4.78 is 0. The topological polar surface area (TPSA) is 35.5 Å². The zero-order valence-corrected chi connectivity index (χ0v) is 10.5. The minimum atomic E-state index is -0.252. The van der Waals surface area contributed by atoms with Crippen LogP contribution >= 0.6 is 0 Å². The van der Waals surface area contributed by atoms with Crippen molar-refractivity contribution in [1.29, 1.82) is 0 Å². The zero-order chi connectivity index (χ0) is 12.1. The lowest BCUT2D eigenvalue weighted by Crippen LogP contribution is -2.36. The van der Waals surface area contributed by atoms with E-state index in [-0.39, 0.29) is 6.10 Å². The Morgan fingerprint density at radius 2 is 2.18 bits per heavy atom. The molecule has 0 saturated carbocycles. The Labute approximate surface area is 103 Å². The number of nitrogens with zero attached hydrogens (tertiary/aromatic N) is 1. The summed E-state index contributed by atoms with van der Waals surface area (Å²) in [6, 6.07) is 11.1. The van der Waals surface area contributed by atoms with Gasteiger partial charge in [-0.15, -0.1) is 0 Å². The van der Waals surface area contributed by atoms with Gasteiger partial charge in [0.05, 0.1) is 6.10 Å². The molecule has 2 atom stereocenters. The van der Waals surface area contributed by atoms with Gasteiger partial charge in [-0.2, -0.15) is 0 Å². The molecule has 1 fully saturated rings. The predicted molar refractivity (Wildman–Crippen MR) is 69.8 cm³/mol. The van der Waals surface area contributed by atoms with Gasteiger partial charge < -0.3 is 10.4 Å². The van der Waals surface area contributed by atoms with Gasteiger partial charge in [-0.05, 0) is 18.9 Å². The van der Waals surface area contributed by atoms with Gasteiger partial charge in [-0.3, -0.25) is 4.90 Å². The van der Waals surface area contributed by atoms with E-state index in [9.17, 15) is 5.11 Å². The summed E-state index contributed by atoms with van der Waals surface area (Å²) in [4.78, 5) is 2.47. The number of rotatable bonds is 5. The Morgan fingerprint density at radius 3 is 2.88 bits per heavy atom. The second-order valence-corrected chi connectivity index (χ2v) is 4.96. The minimum Gasteiger partial charge on any atom is -0.392 e. The fraction of sp³-hybridized carbons (Fsp3) is 0.571. The van der Waals surface area contributed by atoms with E-state index in [1.807, 2.05) is 6.92 Å². The molecule has 3 heteroatoms. The molecule has 1 aromatic rings. The van der Waals surface area contributed by atoms with Crippen molar-refractivity contribution >= 4 is 0 Å². The van der Waals surface area contributed by atoms with Crippen molar-refractivity contribution in [3.63, 3.8) is 0 Å². The van der Waals surface area contributed by atoms with Gasteiger partial charge >= 0.3 is 0 Å². The quantitative estimate of drug-likeness (QED) is 0.804. The average Bonchev–Trinajstić information content (AvgIpc) is 2.75. The highest BCUT2D eigenvalue weighted by Gasteiger charge is 2.21. The lowest BCUT2D eigenvalue weighted by molar-refractivity contribution is 0.185. The van der Waals surface area contributed by atoms with E-state index in [0.717, 1.165) is 19.6 Å². The van der Waals surface area contributed by atoms with Crippen LogP contribution in [0.5, 0.6) is 0 Å². The van der Waals surface area contributed by atoms with E-state index in [4.69, 9.17) is 0 Å². The summed E-state index contributed by atoms with van der Waals surface area (Å²) in [5.74, 6) is 0. The maximum absolute atomic E-state index is 9.24. The van der Waals surface area contributed by atoms with Crippen LogP contribution in [0.25, 0.3) is 0 Å². The molecule has 1 saturated heterocycles. The third-order valence-electron chi connectivity index (χ3n) is 3.22. The van der Waals surface area contributed by atoms with Crippen LogP contribution in [-0.2, 0) is 6.54 Å². The standard InChI is InChI=1S/C14H22N2O/c1-12(17)9-15-14-7-8-16(11-14)10-13-5-3-2-4-6-13/h2-6,12,14-15,17H,7-11H2,1H3/t12-,14-/m1/s1. The Hall–Kier alpha value is -0.900. The second kappa shape index (κ2) is 6.15. The molecule has 94 valence electrons. The summed E-state index contributed by atoms with van der Waals surface area (Å²) in [5.41, 5.74) is 1.38. The maximum Gasteiger partial charge on any atom is 0.0636 e. The Morgan fingerprint density at radius 1 is 1.41 bits per heavy atom. The number of hydrogen-bond acceptors (Lipinski definition) is 3. The van der Waals surface area contributed by atoms with Crippen molar-refractivity contribution in [1.82, 2.24) is 10.2 Å². The average molecular weight is 234 g/mol. The molecule has 0 spiro atoms. The largest absolute Gasteiger partial charge is 0.392 e. The molecule has 0 unspecified atom stereocenters. The highest BCUT2D eigenvalue weighted by molar-refractivity contribution is 5.14. The molecule has 1 aromatic carbocycles. The van der Waals surface area contributed by atoms with Gasteiger partial charge in [0.2, 0.25) is 0 Å². The van der Waals surface area contributed by atoms with E-state index >= 15 is 0 Å². The number of nitrogens with one attached hydrogen (secondary N) is 1. The summed E-state index contributed by atoms with van der Waals surface area (Å²) in [5, 5.41) is 12.6. The molecular formula is C14H22N2O. The number of benzene rings is 1. The zero-order valence-electron chi connectivity index (χ0n) is 10.5. The molecule has 17 heavy (non-hydrogen) atoms. The van der Waals surface area contributed by atoms with Crippen molar-refractivity contribution in [2.75, 3.05) is 19.6 Å². The number of aliphatic hydroxyl groups excluding tert-OH is 1. The lowest BCUT2D eigenvalue weighted by Gasteiger charge is -2.17. The van der Waals surface area contributed by atoms with Crippen molar-refractivity contribution < 1.29 is 5.11 Å². The molecule has 0 aliphatic carbocycles. The molecule has 0 aromatic heterocycles. The molecule has 1 heterocycles. The molecule has 3 nitrogen and oxygen atoms in total. The van der Waals surface area contributed by atoms with E-state index < -0.39 is 0 Å². The van der Waals surface area contributed by atoms with Crippen LogP contribution < -0.4 is 5.32 Å². The van der Waals surface area contributed by atoms with Crippen LogP contribution in [0.15, 0.2) is 30.3 Å². The van der Waals surface area contributed by atoms with Gasteiger partial charge in [0.15, 0.2) is 0 Å².